The van der Waals surface area contributed by atoms with E-state index in [0.29, 0.717) is 65.0 Å². The first-order valence-electron chi connectivity index (χ1n) is 11.0. The predicted molar refractivity (Wildman–Crippen MR) is 125 cm³/mol. The van der Waals surface area contributed by atoms with Gasteiger partial charge < -0.3 is 20.1 Å². The number of pyridine rings is 1. The zero-order chi connectivity index (χ0) is 23.9. The molecule has 0 unspecified atom stereocenters. The minimum Gasteiger partial charge on any atom is -0.457 e. The van der Waals surface area contributed by atoms with Crippen molar-refractivity contribution in [2.24, 2.45) is 0 Å². The van der Waals surface area contributed by atoms with Crippen molar-refractivity contribution in [3.63, 3.8) is 0 Å². The molecule has 6 rings (SSSR count). The lowest BCUT2D eigenvalue weighted by Crippen LogP contribution is -2.23. The summed E-state index contributed by atoms with van der Waals surface area (Å²) in [6, 6.07) is 6.72. The number of anilines is 3. The molecule has 5 heterocycles. The van der Waals surface area contributed by atoms with Crippen LogP contribution in [-0.2, 0) is 0 Å². The highest BCUT2D eigenvalue weighted by atomic mass is 19.1. The summed E-state index contributed by atoms with van der Waals surface area (Å²) < 4.78 is 22.9. The highest BCUT2D eigenvalue weighted by Crippen LogP contribution is 2.33. The van der Waals surface area contributed by atoms with Crippen molar-refractivity contribution in [1.82, 2.24) is 34.5 Å². The van der Waals surface area contributed by atoms with Crippen molar-refractivity contribution < 1.29 is 14.2 Å². The summed E-state index contributed by atoms with van der Waals surface area (Å²) in [5, 5.41) is 16.9. The summed E-state index contributed by atoms with van der Waals surface area (Å²) >= 11 is 0. The summed E-state index contributed by atoms with van der Waals surface area (Å²) in [4.78, 5) is 23.5. The molecule has 0 amide bonds. The fraction of sp³-hybridized carbons (Fsp3) is 0.217. The Morgan fingerprint density at radius 2 is 2.06 bits per heavy atom. The largest absolute Gasteiger partial charge is 0.457 e. The van der Waals surface area contributed by atoms with Crippen LogP contribution in [-0.4, -0.2) is 58.8 Å². The Morgan fingerprint density at radius 3 is 2.91 bits per heavy atom. The van der Waals surface area contributed by atoms with Gasteiger partial charge in [0.05, 0.1) is 18.0 Å². The number of rotatable bonds is 5. The number of ether oxygens (including phenoxy) is 1. The average Bonchev–Trinajstić information content (AvgIpc) is 3.52. The average molecular weight is 473 g/mol. The Morgan fingerprint density at radius 1 is 1.14 bits per heavy atom. The van der Waals surface area contributed by atoms with Crippen LogP contribution in [0.1, 0.15) is 12.0 Å². The fourth-order valence-electron chi connectivity index (χ4n) is 4.00. The van der Waals surface area contributed by atoms with Gasteiger partial charge in [-0.2, -0.15) is 5.10 Å². The molecule has 4 aromatic heterocycles. The lowest BCUT2D eigenvalue weighted by Gasteiger charge is -2.16. The molecule has 1 saturated heterocycles. The van der Waals surface area contributed by atoms with Crippen LogP contribution in [0, 0.1) is 12.7 Å². The van der Waals surface area contributed by atoms with Crippen LogP contribution in [0.4, 0.5) is 21.8 Å². The van der Waals surface area contributed by atoms with Crippen LogP contribution >= 0.6 is 0 Å². The number of aliphatic hydroxyl groups excluding tert-OH is 1. The van der Waals surface area contributed by atoms with Crippen LogP contribution in [0.25, 0.3) is 16.7 Å². The molecule has 0 aliphatic carbocycles. The highest BCUT2D eigenvalue weighted by Gasteiger charge is 2.23. The number of nitrogens with zero attached hydrogens (tertiary/aromatic N) is 8. The van der Waals surface area contributed by atoms with E-state index in [1.807, 2.05) is 4.90 Å². The van der Waals surface area contributed by atoms with Gasteiger partial charge in [0.25, 0.3) is 0 Å². The van der Waals surface area contributed by atoms with Gasteiger partial charge in [0.2, 0.25) is 5.95 Å². The molecule has 176 valence electrons. The number of hydrogen-bond acceptors (Lipinski definition) is 10. The number of aliphatic hydroxyl groups is 1. The topological polar surface area (TPSA) is 126 Å². The Bertz CT molecular complexity index is 1560. The number of hydrogen-bond donors (Lipinski definition) is 2. The molecule has 2 N–H and O–H groups in total. The number of fused-ring (bicyclic) bond motifs is 2. The van der Waals surface area contributed by atoms with E-state index in [2.05, 4.69) is 35.3 Å². The van der Waals surface area contributed by atoms with Crippen LogP contribution in [0.2, 0.25) is 0 Å². The van der Waals surface area contributed by atoms with Gasteiger partial charge in [-0.1, -0.05) is 0 Å². The molecule has 1 atom stereocenters. The second-order valence-corrected chi connectivity index (χ2v) is 8.22. The van der Waals surface area contributed by atoms with Crippen LogP contribution in [0.15, 0.2) is 49.3 Å². The monoisotopic (exact) mass is 473 g/mol. The summed E-state index contributed by atoms with van der Waals surface area (Å²) in [5.74, 6) is 1.24. The summed E-state index contributed by atoms with van der Waals surface area (Å²) in [7, 11) is 0. The third-order valence-corrected chi connectivity index (χ3v) is 5.88. The Labute approximate surface area is 198 Å². The van der Waals surface area contributed by atoms with Gasteiger partial charge in [-0.3, -0.25) is 0 Å². The lowest BCUT2D eigenvalue weighted by molar-refractivity contribution is 0.198. The summed E-state index contributed by atoms with van der Waals surface area (Å²) in [6.45, 7) is 2.76. The SMILES string of the molecule is Cc1c(Oc2ccn3ncnc3c2)ccc(Nc2ncnc3cnc(N4CC[C@@H](O)C4)nc23)c1F. The molecule has 1 fully saturated rings. The van der Waals surface area contributed by atoms with Gasteiger partial charge in [-0.15, -0.1) is 0 Å². The molecule has 35 heavy (non-hydrogen) atoms. The van der Waals surface area contributed by atoms with Crippen molar-refractivity contribution in [1.29, 1.82) is 0 Å². The maximum Gasteiger partial charge on any atom is 0.226 e. The van der Waals surface area contributed by atoms with E-state index in [0.717, 1.165) is 0 Å². The van der Waals surface area contributed by atoms with Gasteiger partial charge in [-0.05, 0) is 31.5 Å². The summed E-state index contributed by atoms with van der Waals surface area (Å²) in [5.41, 5.74) is 2.15. The maximum atomic E-state index is 15.3. The molecule has 0 spiro atoms. The first-order valence-corrected chi connectivity index (χ1v) is 11.0. The molecular weight excluding hydrogens is 453 g/mol. The standard InChI is InChI=1S/C23H20FN9O2/c1-13-18(35-15-5-7-33-19(8-15)27-12-29-33)3-2-16(20(13)24)30-22-21-17(26-11-28-22)9-25-23(31-21)32-6-4-14(34)10-32/h2-3,5,7-9,11-12,14,34H,4,6,10H2,1H3,(H,26,28,30)/t14-/m1/s1. The molecule has 11 nitrogen and oxygen atoms in total. The predicted octanol–water partition coefficient (Wildman–Crippen LogP) is 3.02. The van der Waals surface area contributed by atoms with Gasteiger partial charge in [0.15, 0.2) is 17.3 Å². The second-order valence-electron chi connectivity index (χ2n) is 8.22. The number of benzene rings is 1. The van der Waals surface area contributed by atoms with Gasteiger partial charge in [0.1, 0.15) is 35.2 Å². The van der Waals surface area contributed by atoms with E-state index in [1.54, 1.807) is 48.1 Å². The molecule has 0 bridgehead atoms. The molecule has 1 aromatic carbocycles. The third kappa shape index (κ3) is 3.93. The fourth-order valence-corrected chi connectivity index (χ4v) is 4.00. The molecule has 1 aliphatic rings. The third-order valence-electron chi connectivity index (χ3n) is 5.88. The van der Waals surface area contributed by atoms with E-state index in [1.165, 1.54) is 12.7 Å². The van der Waals surface area contributed by atoms with E-state index in [-0.39, 0.29) is 5.69 Å². The second kappa shape index (κ2) is 8.40. The lowest BCUT2D eigenvalue weighted by atomic mass is 10.1. The molecule has 0 radical (unpaired) electrons. The minimum atomic E-state index is -0.477. The van der Waals surface area contributed by atoms with Gasteiger partial charge in [-0.25, -0.2) is 33.8 Å². The first-order chi connectivity index (χ1) is 17.0. The van der Waals surface area contributed by atoms with E-state index < -0.39 is 11.9 Å². The molecule has 1 aliphatic heterocycles. The van der Waals surface area contributed by atoms with Crippen molar-refractivity contribution in [3.8, 4) is 11.5 Å². The Kier molecular flexibility index (Phi) is 5.07. The van der Waals surface area contributed by atoms with E-state index in [4.69, 9.17) is 4.74 Å². The van der Waals surface area contributed by atoms with Gasteiger partial charge >= 0.3 is 0 Å². The van der Waals surface area contributed by atoms with Crippen molar-refractivity contribution in [2.75, 3.05) is 23.3 Å². The van der Waals surface area contributed by atoms with Crippen molar-refractivity contribution in [2.45, 2.75) is 19.4 Å². The minimum absolute atomic E-state index is 0.222. The normalized spacial score (nSPS) is 15.7. The number of nitrogens with one attached hydrogen (secondary N) is 1. The number of halogens is 1. The van der Waals surface area contributed by atoms with Crippen LogP contribution in [0.3, 0.4) is 0 Å². The first kappa shape index (κ1) is 21.1. The molecule has 12 heteroatoms. The highest BCUT2D eigenvalue weighted by molar-refractivity contribution is 5.87. The number of aromatic nitrogens is 7. The molecule has 5 aromatic rings. The smallest absolute Gasteiger partial charge is 0.226 e. The van der Waals surface area contributed by atoms with Crippen LogP contribution in [0.5, 0.6) is 11.5 Å². The zero-order valence-corrected chi connectivity index (χ0v) is 18.6. The van der Waals surface area contributed by atoms with Crippen LogP contribution < -0.4 is 15.0 Å². The van der Waals surface area contributed by atoms with Gasteiger partial charge in [0, 0.05) is 30.9 Å². The molecular formula is C23H20FN9O2. The Hall–Kier alpha value is -4.45. The molecule has 0 saturated carbocycles. The quantitative estimate of drug-likeness (QED) is 0.393. The maximum absolute atomic E-state index is 15.3. The van der Waals surface area contributed by atoms with E-state index >= 15 is 4.39 Å². The van der Waals surface area contributed by atoms with Crippen molar-refractivity contribution >= 4 is 34.1 Å². The zero-order valence-electron chi connectivity index (χ0n) is 18.6. The Balaban J connectivity index is 1.29. The number of β-amino-alcohol motifs (C(OH)–C–C–N with tert-alkyl or cyclic N) is 1. The van der Waals surface area contributed by atoms with Crippen molar-refractivity contribution in [3.05, 3.63) is 60.7 Å². The summed E-state index contributed by atoms with van der Waals surface area (Å²) in [6.07, 6.45) is 6.39. The van der Waals surface area contributed by atoms with E-state index in [9.17, 15) is 5.11 Å².